The Morgan fingerprint density at radius 1 is 1.39 bits per heavy atom. The van der Waals surface area contributed by atoms with Gasteiger partial charge in [0.15, 0.2) is 0 Å². The average molecular weight is 335 g/mol. The van der Waals surface area contributed by atoms with E-state index in [0.717, 1.165) is 5.56 Å². The second-order valence-corrected chi connectivity index (χ2v) is 5.40. The first-order chi connectivity index (χ1) is 11.1. The normalized spacial score (nSPS) is 11.8. The highest BCUT2D eigenvalue weighted by atomic mass is 35.5. The van der Waals surface area contributed by atoms with E-state index < -0.39 is 6.10 Å². The Morgan fingerprint density at radius 3 is 2.78 bits per heavy atom. The van der Waals surface area contributed by atoms with Crippen molar-refractivity contribution in [3.8, 4) is 5.88 Å². The Bertz CT molecular complexity index is 650. The van der Waals surface area contributed by atoms with E-state index in [9.17, 15) is 9.90 Å². The van der Waals surface area contributed by atoms with Crippen LogP contribution in [-0.4, -0.2) is 35.3 Å². The number of hydrogen-bond acceptors (Lipinski definition) is 4. The van der Waals surface area contributed by atoms with Gasteiger partial charge in [0.1, 0.15) is 5.02 Å². The van der Waals surface area contributed by atoms with Gasteiger partial charge in [0.25, 0.3) is 5.91 Å². The quantitative estimate of drug-likeness (QED) is 0.816. The zero-order chi connectivity index (χ0) is 16.7. The minimum Gasteiger partial charge on any atom is -0.477 e. The topological polar surface area (TPSA) is 71.5 Å². The summed E-state index contributed by atoms with van der Waals surface area (Å²) in [7, 11) is 0. The molecule has 6 heteroatoms. The first-order valence-electron chi connectivity index (χ1n) is 7.38. The molecular formula is C17H19ClN2O3. The van der Waals surface area contributed by atoms with E-state index in [4.69, 9.17) is 16.3 Å². The molecule has 0 spiro atoms. The van der Waals surface area contributed by atoms with Crippen molar-refractivity contribution in [1.82, 2.24) is 10.3 Å². The average Bonchev–Trinajstić information content (AvgIpc) is 2.55. The predicted molar refractivity (Wildman–Crippen MR) is 88.9 cm³/mol. The second-order valence-electron chi connectivity index (χ2n) is 5.00. The molecule has 1 heterocycles. The highest BCUT2D eigenvalue weighted by molar-refractivity contribution is 6.32. The van der Waals surface area contributed by atoms with Gasteiger partial charge < -0.3 is 15.2 Å². The van der Waals surface area contributed by atoms with Crippen molar-refractivity contribution in [2.24, 2.45) is 0 Å². The molecule has 0 aliphatic heterocycles. The van der Waals surface area contributed by atoms with Crippen molar-refractivity contribution in [2.45, 2.75) is 19.4 Å². The number of nitrogens with one attached hydrogen (secondary N) is 1. The van der Waals surface area contributed by atoms with Gasteiger partial charge in [-0.2, -0.15) is 0 Å². The fraction of sp³-hybridized carbons (Fsp3) is 0.294. The lowest BCUT2D eigenvalue weighted by molar-refractivity contribution is 0.0915. The van der Waals surface area contributed by atoms with Crippen LogP contribution in [-0.2, 0) is 6.42 Å². The van der Waals surface area contributed by atoms with E-state index in [-0.39, 0.29) is 17.5 Å². The fourth-order valence-electron chi connectivity index (χ4n) is 2.06. The molecule has 0 aliphatic rings. The summed E-state index contributed by atoms with van der Waals surface area (Å²) in [5, 5.41) is 12.9. The predicted octanol–water partition coefficient (Wildman–Crippen LogP) is 2.47. The Balaban J connectivity index is 1.88. The number of rotatable bonds is 7. The Hall–Kier alpha value is -2.11. The van der Waals surface area contributed by atoms with E-state index in [0.29, 0.717) is 24.5 Å². The fourth-order valence-corrected chi connectivity index (χ4v) is 2.28. The molecule has 23 heavy (non-hydrogen) atoms. The summed E-state index contributed by atoms with van der Waals surface area (Å²) < 4.78 is 5.22. The third-order valence-corrected chi connectivity index (χ3v) is 3.43. The lowest BCUT2D eigenvalue weighted by Crippen LogP contribution is -2.33. The third-order valence-electron chi connectivity index (χ3n) is 3.16. The number of aliphatic hydroxyl groups is 1. The molecule has 1 amide bonds. The van der Waals surface area contributed by atoms with Crippen LogP contribution in [0.3, 0.4) is 0 Å². The molecular weight excluding hydrogens is 316 g/mol. The van der Waals surface area contributed by atoms with Crippen LogP contribution >= 0.6 is 11.6 Å². The maximum atomic E-state index is 12.1. The molecule has 122 valence electrons. The van der Waals surface area contributed by atoms with Crippen molar-refractivity contribution >= 4 is 17.5 Å². The van der Waals surface area contributed by atoms with Crippen LogP contribution in [0.15, 0.2) is 42.6 Å². The number of amides is 1. The molecule has 1 unspecified atom stereocenters. The molecule has 0 aliphatic carbocycles. The first kappa shape index (κ1) is 17.2. The number of carbonyl (C=O) groups is 1. The van der Waals surface area contributed by atoms with Crippen molar-refractivity contribution in [1.29, 1.82) is 0 Å². The third kappa shape index (κ3) is 5.23. The van der Waals surface area contributed by atoms with Gasteiger partial charge in [0, 0.05) is 19.2 Å². The molecule has 2 N–H and O–H groups in total. The van der Waals surface area contributed by atoms with Gasteiger partial charge in [-0.3, -0.25) is 4.79 Å². The maximum absolute atomic E-state index is 12.1. The van der Waals surface area contributed by atoms with E-state index in [1.165, 1.54) is 12.3 Å². The highest BCUT2D eigenvalue weighted by Gasteiger charge is 2.12. The summed E-state index contributed by atoms with van der Waals surface area (Å²) in [6.45, 7) is 2.43. The number of ether oxygens (including phenoxy) is 1. The van der Waals surface area contributed by atoms with E-state index >= 15 is 0 Å². The number of carbonyl (C=O) groups excluding carboxylic acids is 1. The molecule has 2 aromatic rings. The molecule has 1 atom stereocenters. The number of hydrogen-bond donors (Lipinski definition) is 2. The minimum absolute atomic E-state index is 0.151. The maximum Gasteiger partial charge on any atom is 0.252 e. The van der Waals surface area contributed by atoms with Gasteiger partial charge in [-0.15, -0.1) is 0 Å². The standard InChI is InChI=1S/C17H19ClN2O3/c1-2-23-17-15(18)9-13(10-20-17)16(22)19-11-14(21)8-12-6-4-3-5-7-12/h3-7,9-10,14,21H,2,8,11H2,1H3,(H,19,22). The summed E-state index contributed by atoms with van der Waals surface area (Å²) in [5.74, 6) is -0.0376. The van der Waals surface area contributed by atoms with Crippen molar-refractivity contribution in [3.05, 3.63) is 58.7 Å². The second kappa shape index (κ2) is 8.50. The molecule has 0 bridgehead atoms. The van der Waals surface area contributed by atoms with Gasteiger partial charge in [-0.25, -0.2) is 4.98 Å². The molecule has 1 aromatic carbocycles. The Kier molecular flexibility index (Phi) is 6.38. The summed E-state index contributed by atoms with van der Waals surface area (Å²) in [6.07, 6.45) is 1.21. The molecule has 5 nitrogen and oxygen atoms in total. The van der Waals surface area contributed by atoms with Crippen LogP contribution < -0.4 is 10.1 Å². The summed E-state index contributed by atoms with van der Waals surface area (Å²) >= 11 is 6.01. The summed E-state index contributed by atoms with van der Waals surface area (Å²) in [5.41, 5.74) is 1.34. The molecule has 2 rings (SSSR count). The van der Waals surface area contributed by atoms with Crippen molar-refractivity contribution in [2.75, 3.05) is 13.2 Å². The zero-order valence-electron chi connectivity index (χ0n) is 12.8. The first-order valence-corrected chi connectivity index (χ1v) is 7.76. The van der Waals surface area contributed by atoms with Crippen LogP contribution in [0.5, 0.6) is 5.88 Å². The van der Waals surface area contributed by atoms with E-state index in [1.807, 2.05) is 37.3 Å². The Morgan fingerprint density at radius 2 is 2.13 bits per heavy atom. The van der Waals surface area contributed by atoms with Gasteiger partial charge in [-0.05, 0) is 18.6 Å². The van der Waals surface area contributed by atoms with Crippen LogP contribution in [0.4, 0.5) is 0 Å². The lowest BCUT2D eigenvalue weighted by Gasteiger charge is -2.12. The molecule has 0 saturated carbocycles. The highest BCUT2D eigenvalue weighted by Crippen LogP contribution is 2.22. The summed E-state index contributed by atoms with van der Waals surface area (Å²) in [4.78, 5) is 16.1. The Labute approximate surface area is 140 Å². The largest absolute Gasteiger partial charge is 0.477 e. The number of nitrogens with zero attached hydrogens (tertiary/aromatic N) is 1. The van der Waals surface area contributed by atoms with Crippen molar-refractivity contribution in [3.63, 3.8) is 0 Å². The molecule has 0 radical (unpaired) electrons. The number of aliphatic hydroxyl groups excluding tert-OH is 1. The monoisotopic (exact) mass is 334 g/mol. The van der Waals surface area contributed by atoms with Crippen LogP contribution in [0.2, 0.25) is 5.02 Å². The van der Waals surface area contributed by atoms with Crippen LogP contribution in [0.25, 0.3) is 0 Å². The minimum atomic E-state index is -0.660. The van der Waals surface area contributed by atoms with Crippen molar-refractivity contribution < 1.29 is 14.6 Å². The lowest BCUT2D eigenvalue weighted by atomic mass is 10.1. The van der Waals surface area contributed by atoms with E-state index in [2.05, 4.69) is 10.3 Å². The van der Waals surface area contributed by atoms with Gasteiger partial charge >= 0.3 is 0 Å². The molecule has 0 saturated heterocycles. The summed E-state index contributed by atoms with van der Waals surface area (Å²) in [6, 6.07) is 11.1. The SMILES string of the molecule is CCOc1ncc(C(=O)NCC(O)Cc2ccccc2)cc1Cl. The smallest absolute Gasteiger partial charge is 0.252 e. The van der Waals surface area contributed by atoms with Crippen LogP contribution in [0.1, 0.15) is 22.8 Å². The molecule has 1 aromatic heterocycles. The number of pyridine rings is 1. The number of aromatic nitrogens is 1. The van der Waals surface area contributed by atoms with Crippen LogP contribution in [0, 0.1) is 0 Å². The van der Waals surface area contributed by atoms with Gasteiger partial charge in [0.2, 0.25) is 5.88 Å². The van der Waals surface area contributed by atoms with Gasteiger partial charge in [-0.1, -0.05) is 41.9 Å². The van der Waals surface area contributed by atoms with E-state index in [1.54, 1.807) is 0 Å². The van der Waals surface area contributed by atoms with Gasteiger partial charge in [0.05, 0.1) is 18.3 Å². The number of benzene rings is 1. The zero-order valence-corrected chi connectivity index (χ0v) is 13.6. The number of halogens is 1. The molecule has 0 fully saturated rings.